The van der Waals surface area contributed by atoms with Gasteiger partial charge in [-0.2, -0.15) is 0 Å². The van der Waals surface area contributed by atoms with E-state index in [0.717, 1.165) is 71.2 Å². The van der Waals surface area contributed by atoms with Crippen LogP contribution in [0.4, 0.5) is 0 Å². The van der Waals surface area contributed by atoms with Crippen LogP contribution in [-0.4, -0.2) is 37.8 Å². The number of hydrogen-bond acceptors (Lipinski definition) is 5. The van der Waals surface area contributed by atoms with Crippen LogP contribution in [0.3, 0.4) is 0 Å². The first-order valence-electron chi connectivity index (χ1n) is 21.2. The van der Waals surface area contributed by atoms with E-state index < -0.39 is 19.6 Å². The third kappa shape index (κ3) is 8.67. The Bertz CT molecular complexity index is 3020. The summed E-state index contributed by atoms with van der Waals surface area (Å²) < 4.78 is 26.8. The van der Waals surface area contributed by atoms with Gasteiger partial charge >= 0.3 is 128 Å². The minimum absolute atomic E-state index is 0. The topological polar surface area (TPSA) is 69.6 Å². The molecule has 4 aromatic carbocycles. The Labute approximate surface area is 373 Å². The standard InChI is InChI=1S/C34H27N4O.C18H24GeN.Ir/c1-21-12-14-25(31-30(21)24-11-8-17-36-33(24)39-31)32-37-27-16-18-35-20-29(27)38(32)28-15-13-23(19-26(28)34(2,3)4)22-9-6-5-7-10-22;1-14(2)11-16-12-18(15-9-7-6-8-10-15)20-13-17(16)19(3,4)5;/h5-13,15-20H,1-4H3;6-9,12-14H,11H2,1-5H3;/q2*-1;/i;11D2;. The van der Waals surface area contributed by atoms with Gasteiger partial charge in [0, 0.05) is 43.6 Å². The fourth-order valence-electron chi connectivity index (χ4n) is 7.64. The maximum atomic E-state index is 8.56. The van der Waals surface area contributed by atoms with Crippen LogP contribution >= 0.6 is 0 Å². The van der Waals surface area contributed by atoms with E-state index in [2.05, 4.69) is 125 Å². The molecule has 60 heavy (non-hydrogen) atoms. The van der Waals surface area contributed by atoms with Crippen LogP contribution in [0.25, 0.3) is 72.6 Å². The van der Waals surface area contributed by atoms with Gasteiger partial charge in [0.15, 0.2) is 0 Å². The van der Waals surface area contributed by atoms with Gasteiger partial charge in [-0.3, -0.25) is 9.97 Å². The van der Waals surface area contributed by atoms with Crippen molar-refractivity contribution in [3.8, 4) is 39.5 Å². The molecule has 0 saturated carbocycles. The summed E-state index contributed by atoms with van der Waals surface area (Å²) in [4.78, 5) is 18.7. The molecule has 0 fully saturated rings. The molecule has 0 N–H and O–H groups in total. The van der Waals surface area contributed by atoms with Crippen molar-refractivity contribution < 1.29 is 27.3 Å². The average Bonchev–Trinajstić information content (AvgIpc) is 3.83. The minimum atomic E-state index is -2.20. The summed E-state index contributed by atoms with van der Waals surface area (Å²) >= 11 is -2.20. The van der Waals surface area contributed by atoms with Gasteiger partial charge in [0.2, 0.25) is 5.71 Å². The second-order valence-corrected chi connectivity index (χ2v) is 28.0. The van der Waals surface area contributed by atoms with E-state index in [1.165, 1.54) is 16.7 Å². The maximum Gasteiger partial charge on any atom is 0 e. The Hall–Kier alpha value is -5.21. The van der Waals surface area contributed by atoms with E-state index in [9.17, 15) is 0 Å². The summed E-state index contributed by atoms with van der Waals surface area (Å²) in [5, 5.41) is 2.03. The predicted octanol–water partition coefficient (Wildman–Crippen LogP) is 12.7. The smallest absolute Gasteiger partial charge is 0 e. The van der Waals surface area contributed by atoms with E-state index >= 15 is 0 Å². The fraction of sp³-hybridized carbons (Fsp3) is 0.231. The number of benzene rings is 4. The van der Waals surface area contributed by atoms with Crippen LogP contribution in [0.15, 0.2) is 132 Å². The first-order chi connectivity index (χ1) is 29.0. The van der Waals surface area contributed by atoms with Gasteiger partial charge in [0.25, 0.3) is 0 Å². The number of rotatable bonds is 7. The number of aryl methyl sites for hydroxylation is 1. The predicted molar refractivity (Wildman–Crippen MR) is 247 cm³/mol. The molecular weight excluding hydrogens is 975 g/mol. The zero-order valence-corrected chi connectivity index (χ0v) is 40.2. The summed E-state index contributed by atoms with van der Waals surface area (Å²) in [7, 11) is 0. The molecule has 0 amide bonds. The van der Waals surface area contributed by atoms with Crippen LogP contribution in [0, 0.1) is 25.0 Å². The van der Waals surface area contributed by atoms with Crippen molar-refractivity contribution in [3.63, 3.8) is 0 Å². The monoisotopic (exact) mass is 1030 g/mol. The zero-order chi connectivity index (χ0) is 43.3. The second-order valence-electron chi connectivity index (χ2n) is 17.4. The molecule has 0 aliphatic heterocycles. The van der Waals surface area contributed by atoms with E-state index in [4.69, 9.17) is 12.1 Å². The van der Waals surface area contributed by atoms with Crippen molar-refractivity contribution in [1.29, 1.82) is 0 Å². The number of hydrogen-bond donors (Lipinski definition) is 0. The zero-order valence-electron chi connectivity index (χ0n) is 37.7. The maximum absolute atomic E-state index is 8.56. The van der Waals surface area contributed by atoms with E-state index in [0.29, 0.717) is 5.71 Å². The Morgan fingerprint density at radius 2 is 1.63 bits per heavy atom. The van der Waals surface area contributed by atoms with Gasteiger partial charge in [-0.05, 0) is 52.4 Å². The number of nitrogens with zero attached hydrogens (tertiary/aromatic N) is 5. The number of pyridine rings is 3. The van der Waals surface area contributed by atoms with E-state index in [-0.39, 0.29) is 31.4 Å². The normalized spacial score (nSPS) is 12.6. The third-order valence-electron chi connectivity index (χ3n) is 10.5. The van der Waals surface area contributed by atoms with E-state index in [1.807, 2.05) is 80.8 Å². The minimum Gasteiger partial charge on any atom is 0 e. The van der Waals surface area contributed by atoms with Crippen molar-refractivity contribution in [2.45, 2.75) is 70.6 Å². The molecule has 0 aliphatic carbocycles. The Kier molecular flexibility index (Phi) is 11.7. The fourth-order valence-corrected chi connectivity index (χ4v) is 10.6. The van der Waals surface area contributed by atoms with Crippen molar-refractivity contribution in [2.24, 2.45) is 5.92 Å². The van der Waals surface area contributed by atoms with Crippen molar-refractivity contribution in [1.82, 2.24) is 24.5 Å². The average molecular weight is 1030 g/mol. The van der Waals surface area contributed by atoms with Crippen molar-refractivity contribution >= 4 is 50.8 Å². The van der Waals surface area contributed by atoms with Gasteiger partial charge in [-0.15, -0.1) is 17.7 Å². The second kappa shape index (κ2) is 17.4. The summed E-state index contributed by atoms with van der Waals surface area (Å²) in [6, 6.07) is 41.5. The first kappa shape index (κ1) is 40.2. The number of aromatic nitrogens is 5. The molecule has 8 heteroatoms. The molecule has 9 rings (SSSR count). The molecule has 305 valence electrons. The van der Waals surface area contributed by atoms with Crippen LogP contribution in [0.5, 0.6) is 0 Å². The molecule has 0 bridgehead atoms. The molecular formula is C52H51GeIrN5O-2. The largest absolute Gasteiger partial charge is 0 e. The van der Waals surface area contributed by atoms with Gasteiger partial charge < -0.3 is 8.98 Å². The summed E-state index contributed by atoms with van der Waals surface area (Å²) in [5.41, 5.74) is 12.1. The molecule has 1 radical (unpaired) electrons. The van der Waals surface area contributed by atoms with Crippen LogP contribution in [0.1, 0.15) is 54.1 Å². The molecule has 9 aromatic rings. The molecule has 0 spiro atoms. The van der Waals surface area contributed by atoms with E-state index in [1.54, 1.807) is 12.4 Å². The number of fused-ring (bicyclic) bond motifs is 4. The Morgan fingerprint density at radius 1 is 0.850 bits per heavy atom. The Morgan fingerprint density at radius 3 is 2.35 bits per heavy atom. The van der Waals surface area contributed by atoms with Gasteiger partial charge in [-0.25, -0.2) is 4.98 Å². The molecule has 5 aromatic heterocycles. The van der Waals surface area contributed by atoms with Crippen LogP contribution in [-0.2, 0) is 31.9 Å². The number of imidazole rings is 1. The summed E-state index contributed by atoms with van der Waals surface area (Å²) in [6.45, 7) is 12.7. The van der Waals surface area contributed by atoms with Crippen molar-refractivity contribution in [3.05, 3.63) is 157 Å². The van der Waals surface area contributed by atoms with Gasteiger partial charge in [-0.1, -0.05) is 75.0 Å². The molecule has 6 nitrogen and oxygen atoms in total. The molecule has 0 atom stereocenters. The summed E-state index contributed by atoms with van der Waals surface area (Å²) in [5.74, 6) is 7.54. The first-order valence-corrected chi connectivity index (χ1v) is 27.6. The van der Waals surface area contributed by atoms with Crippen molar-refractivity contribution in [2.75, 3.05) is 0 Å². The SMILES string of the molecule is Cc1c[c-]c(-c2nc3ccncc3n2-c2ccc(-c3ccccc3)cc2C(C)(C)C)c2oc3ncccc3c12.[2H]C([2H])(c1cc(-c2[c-]cccc2)nc[c]1[Ge]([CH3])([CH3])[CH3])C(C)C.[Ir]. The number of furan rings is 1. The third-order valence-corrected chi connectivity index (χ3v) is 14.7. The molecule has 0 saturated heterocycles. The quantitative estimate of drug-likeness (QED) is 0.118. The van der Waals surface area contributed by atoms with Gasteiger partial charge in [0.05, 0.1) is 28.6 Å². The summed E-state index contributed by atoms with van der Waals surface area (Å²) in [6.07, 6.45) is 5.99. The van der Waals surface area contributed by atoms with Crippen LogP contribution in [0.2, 0.25) is 17.3 Å². The van der Waals surface area contributed by atoms with Gasteiger partial charge in [0.1, 0.15) is 0 Å². The molecule has 5 heterocycles. The molecule has 0 aliphatic rings. The molecule has 0 unspecified atom stereocenters. The van der Waals surface area contributed by atoms with Crippen LogP contribution < -0.4 is 4.40 Å². The Balaban J connectivity index is 0.000000215.